The quantitative estimate of drug-likeness (QED) is 0.891. The number of nitrogens with one attached hydrogen (secondary N) is 2. The third-order valence-corrected chi connectivity index (χ3v) is 4.31. The summed E-state index contributed by atoms with van der Waals surface area (Å²) in [7, 11) is 0. The van der Waals surface area contributed by atoms with Gasteiger partial charge in [0, 0.05) is 17.3 Å². The first-order valence-corrected chi connectivity index (χ1v) is 7.42. The SMILES string of the molecule is Cc1c(Cl)cccc1NC(=O)C1NCCc2ccccc21. The monoisotopic (exact) mass is 300 g/mol. The third-order valence-electron chi connectivity index (χ3n) is 3.90. The maximum Gasteiger partial charge on any atom is 0.246 e. The van der Waals surface area contributed by atoms with E-state index in [1.54, 1.807) is 0 Å². The molecule has 0 fully saturated rings. The van der Waals surface area contributed by atoms with Crippen LogP contribution < -0.4 is 10.6 Å². The Balaban J connectivity index is 1.85. The zero-order valence-electron chi connectivity index (χ0n) is 11.8. The Morgan fingerprint density at radius 2 is 2.05 bits per heavy atom. The molecule has 3 rings (SSSR count). The van der Waals surface area contributed by atoms with Crippen LogP contribution in [0.5, 0.6) is 0 Å². The number of amides is 1. The van der Waals surface area contributed by atoms with E-state index in [-0.39, 0.29) is 11.9 Å². The van der Waals surface area contributed by atoms with Crippen LogP contribution in [0.3, 0.4) is 0 Å². The van der Waals surface area contributed by atoms with E-state index < -0.39 is 0 Å². The zero-order valence-corrected chi connectivity index (χ0v) is 12.6. The number of rotatable bonds is 2. The van der Waals surface area contributed by atoms with Gasteiger partial charge in [0.25, 0.3) is 0 Å². The van der Waals surface area contributed by atoms with Crippen molar-refractivity contribution in [2.45, 2.75) is 19.4 Å². The van der Waals surface area contributed by atoms with Crippen molar-refractivity contribution in [2.24, 2.45) is 0 Å². The Morgan fingerprint density at radius 3 is 2.90 bits per heavy atom. The van der Waals surface area contributed by atoms with Crippen LogP contribution in [0.15, 0.2) is 42.5 Å². The average molecular weight is 301 g/mol. The van der Waals surface area contributed by atoms with Gasteiger partial charge in [-0.15, -0.1) is 0 Å². The molecule has 108 valence electrons. The van der Waals surface area contributed by atoms with Crippen molar-refractivity contribution in [3.05, 3.63) is 64.2 Å². The summed E-state index contributed by atoms with van der Waals surface area (Å²) in [6.45, 7) is 2.71. The molecule has 3 nitrogen and oxygen atoms in total. The molecule has 2 N–H and O–H groups in total. The standard InChI is InChI=1S/C17H17ClN2O/c1-11-14(18)7-4-8-15(11)20-17(21)16-13-6-3-2-5-12(13)9-10-19-16/h2-8,16,19H,9-10H2,1H3,(H,20,21). The second kappa shape index (κ2) is 5.88. The molecule has 21 heavy (non-hydrogen) atoms. The molecule has 0 saturated heterocycles. The molecule has 0 aliphatic carbocycles. The molecule has 1 amide bonds. The number of halogens is 1. The first-order valence-electron chi connectivity index (χ1n) is 7.04. The van der Waals surface area contributed by atoms with E-state index in [0.29, 0.717) is 5.02 Å². The molecule has 1 aliphatic rings. The summed E-state index contributed by atoms with van der Waals surface area (Å²) in [6.07, 6.45) is 0.955. The second-order valence-corrected chi connectivity index (χ2v) is 5.64. The van der Waals surface area contributed by atoms with Gasteiger partial charge in [0.05, 0.1) is 0 Å². The van der Waals surface area contributed by atoms with Gasteiger partial charge >= 0.3 is 0 Å². The number of fused-ring (bicyclic) bond motifs is 1. The van der Waals surface area contributed by atoms with Crippen molar-refractivity contribution >= 4 is 23.2 Å². The minimum Gasteiger partial charge on any atom is -0.324 e. The van der Waals surface area contributed by atoms with Crippen molar-refractivity contribution in [2.75, 3.05) is 11.9 Å². The largest absolute Gasteiger partial charge is 0.324 e. The van der Waals surface area contributed by atoms with Gasteiger partial charge in [-0.1, -0.05) is 41.9 Å². The summed E-state index contributed by atoms with van der Waals surface area (Å²) in [6, 6.07) is 13.3. The lowest BCUT2D eigenvalue weighted by Crippen LogP contribution is -2.38. The van der Waals surface area contributed by atoms with E-state index in [9.17, 15) is 4.79 Å². The lowest BCUT2D eigenvalue weighted by atomic mass is 9.94. The van der Waals surface area contributed by atoms with Gasteiger partial charge in [0.2, 0.25) is 5.91 Å². The Bertz CT molecular complexity index is 684. The Kier molecular flexibility index (Phi) is 3.95. The Hall–Kier alpha value is -1.84. The summed E-state index contributed by atoms with van der Waals surface area (Å²) in [5.74, 6) is -0.0486. The van der Waals surface area contributed by atoms with E-state index in [1.165, 1.54) is 5.56 Å². The second-order valence-electron chi connectivity index (χ2n) is 5.24. The Labute approximate surface area is 129 Å². The van der Waals surface area contributed by atoms with Gasteiger partial charge in [-0.25, -0.2) is 0 Å². The number of hydrogen-bond donors (Lipinski definition) is 2. The molecule has 0 radical (unpaired) electrons. The summed E-state index contributed by atoms with van der Waals surface area (Å²) in [4.78, 5) is 12.6. The number of benzene rings is 2. The third kappa shape index (κ3) is 2.80. The van der Waals surface area contributed by atoms with Crippen LogP contribution in [0.1, 0.15) is 22.7 Å². The van der Waals surface area contributed by atoms with Crippen LogP contribution in [-0.2, 0) is 11.2 Å². The van der Waals surface area contributed by atoms with Crippen molar-refractivity contribution in [3.63, 3.8) is 0 Å². The highest BCUT2D eigenvalue weighted by molar-refractivity contribution is 6.31. The van der Waals surface area contributed by atoms with Gasteiger partial charge in [0.15, 0.2) is 0 Å². The minimum atomic E-state index is -0.312. The highest BCUT2D eigenvalue weighted by Gasteiger charge is 2.26. The van der Waals surface area contributed by atoms with Crippen LogP contribution in [0, 0.1) is 6.92 Å². The van der Waals surface area contributed by atoms with Gasteiger partial charge in [-0.3, -0.25) is 4.79 Å². The van der Waals surface area contributed by atoms with E-state index in [4.69, 9.17) is 11.6 Å². The highest BCUT2D eigenvalue weighted by atomic mass is 35.5. The lowest BCUT2D eigenvalue weighted by molar-refractivity contribution is -0.118. The highest BCUT2D eigenvalue weighted by Crippen LogP contribution is 2.27. The molecule has 2 aromatic rings. The smallest absolute Gasteiger partial charge is 0.246 e. The molecule has 1 aliphatic heterocycles. The normalized spacial score (nSPS) is 17.1. The molecule has 2 aromatic carbocycles. The first-order chi connectivity index (χ1) is 10.2. The van der Waals surface area contributed by atoms with Crippen molar-refractivity contribution in [1.82, 2.24) is 5.32 Å². The summed E-state index contributed by atoms with van der Waals surface area (Å²) in [5.41, 5.74) is 3.94. The van der Waals surface area contributed by atoms with E-state index >= 15 is 0 Å². The maximum atomic E-state index is 12.6. The van der Waals surface area contributed by atoms with Crippen LogP contribution in [0.25, 0.3) is 0 Å². The predicted molar refractivity (Wildman–Crippen MR) is 85.7 cm³/mol. The van der Waals surface area contributed by atoms with Gasteiger partial charge in [-0.05, 0) is 42.2 Å². The maximum absolute atomic E-state index is 12.6. The number of hydrogen-bond acceptors (Lipinski definition) is 2. The zero-order chi connectivity index (χ0) is 14.8. The molecule has 1 unspecified atom stereocenters. The van der Waals surface area contributed by atoms with Crippen molar-refractivity contribution in [1.29, 1.82) is 0 Å². The van der Waals surface area contributed by atoms with Gasteiger partial charge in [-0.2, -0.15) is 0 Å². The van der Waals surface area contributed by atoms with E-state index in [2.05, 4.69) is 16.7 Å². The first kappa shape index (κ1) is 14.1. The van der Waals surface area contributed by atoms with Crippen LogP contribution in [-0.4, -0.2) is 12.5 Å². The minimum absolute atomic E-state index is 0.0486. The van der Waals surface area contributed by atoms with E-state index in [1.807, 2.05) is 43.3 Å². The fourth-order valence-electron chi connectivity index (χ4n) is 2.69. The number of carbonyl (C=O) groups is 1. The number of carbonyl (C=O) groups excluding carboxylic acids is 1. The molecule has 1 heterocycles. The molecule has 0 aromatic heterocycles. The molecule has 0 bridgehead atoms. The predicted octanol–water partition coefficient (Wildman–Crippen LogP) is 3.47. The molecule has 4 heteroatoms. The van der Waals surface area contributed by atoms with Gasteiger partial charge < -0.3 is 10.6 Å². The van der Waals surface area contributed by atoms with Gasteiger partial charge in [0.1, 0.15) is 6.04 Å². The fraction of sp³-hybridized carbons (Fsp3) is 0.235. The summed E-state index contributed by atoms with van der Waals surface area (Å²) < 4.78 is 0. The van der Waals surface area contributed by atoms with Crippen molar-refractivity contribution < 1.29 is 4.79 Å². The lowest BCUT2D eigenvalue weighted by Gasteiger charge is -2.26. The fourth-order valence-corrected chi connectivity index (χ4v) is 2.86. The van der Waals surface area contributed by atoms with E-state index in [0.717, 1.165) is 29.8 Å². The molecule has 0 saturated carbocycles. The van der Waals surface area contributed by atoms with Crippen LogP contribution in [0.4, 0.5) is 5.69 Å². The Morgan fingerprint density at radius 1 is 1.24 bits per heavy atom. The molecular formula is C17H17ClN2O. The van der Waals surface area contributed by atoms with Crippen LogP contribution in [0.2, 0.25) is 5.02 Å². The van der Waals surface area contributed by atoms with Crippen molar-refractivity contribution in [3.8, 4) is 0 Å². The molecule has 1 atom stereocenters. The number of anilines is 1. The molecule has 0 spiro atoms. The molecular weight excluding hydrogens is 284 g/mol. The summed E-state index contributed by atoms with van der Waals surface area (Å²) in [5, 5.41) is 6.92. The average Bonchev–Trinajstić information content (AvgIpc) is 2.51. The topological polar surface area (TPSA) is 41.1 Å². The summed E-state index contributed by atoms with van der Waals surface area (Å²) >= 11 is 6.10. The van der Waals surface area contributed by atoms with Crippen LogP contribution >= 0.6 is 11.6 Å².